The van der Waals surface area contributed by atoms with Crippen LogP contribution in [0.2, 0.25) is 0 Å². The van der Waals surface area contributed by atoms with Gasteiger partial charge in [0.2, 0.25) is 10.0 Å². The number of halogens is 1. The van der Waals surface area contributed by atoms with Gasteiger partial charge >= 0.3 is 0 Å². The lowest BCUT2D eigenvalue weighted by molar-refractivity contribution is 0.158. The SMILES string of the molecule is Cc1cc(N)cc(S(=O)(=O)N2CCN3CCCC3C2)c1F. The first kappa shape index (κ1) is 14.7. The number of piperazine rings is 1. The van der Waals surface area contributed by atoms with Crippen molar-refractivity contribution >= 4 is 15.7 Å². The average Bonchev–Trinajstić information content (AvgIpc) is 2.89. The number of benzene rings is 1. The molecule has 2 heterocycles. The molecule has 2 N–H and O–H groups in total. The van der Waals surface area contributed by atoms with E-state index in [1.54, 1.807) is 0 Å². The minimum absolute atomic E-state index is 0.257. The van der Waals surface area contributed by atoms with Gasteiger partial charge in [-0.05, 0) is 44.0 Å². The first-order valence-electron chi connectivity index (χ1n) is 7.19. The highest BCUT2D eigenvalue weighted by Gasteiger charge is 2.37. The number of hydrogen-bond acceptors (Lipinski definition) is 4. The Labute approximate surface area is 124 Å². The number of nitrogens with zero attached hydrogens (tertiary/aromatic N) is 2. The van der Waals surface area contributed by atoms with Crippen LogP contribution in [0, 0.1) is 12.7 Å². The molecular weight excluding hydrogens is 293 g/mol. The molecule has 1 unspecified atom stereocenters. The predicted octanol–water partition coefficient (Wildman–Crippen LogP) is 1.19. The monoisotopic (exact) mass is 313 g/mol. The number of sulfonamides is 1. The molecule has 2 fully saturated rings. The zero-order chi connectivity index (χ0) is 15.2. The summed E-state index contributed by atoms with van der Waals surface area (Å²) in [4.78, 5) is 2.01. The molecule has 0 bridgehead atoms. The molecule has 0 saturated carbocycles. The van der Waals surface area contributed by atoms with Gasteiger partial charge in [-0.1, -0.05) is 0 Å². The van der Waals surface area contributed by atoms with Gasteiger partial charge in [-0.3, -0.25) is 4.90 Å². The number of nitrogen functional groups attached to an aromatic ring is 1. The molecule has 0 radical (unpaired) electrons. The molecule has 2 aliphatic rings. The molecule has 0 spiro atoms. The van der Waals surface area contributed by atoms with Crippen molar-refractivity contribution in [1.29, 1.82) is 0 Å². The number of anilines is 1. The number of nitrogens with two attached hydrogens (primary N) is 1. The van der Waals surface area contributed by atoms with Gasteiger partial charge in [0.25, 0.3) is 0 Å². The lowest BCUT2D eigenvalue weighted by atomic mass is 10.2. The number of rotatable bonds is 2. The minimum Gasteiger partial charge on any atom is -0.399 e. The molecule has 0 aliphatic carbocycles. The highest BCUT2D eigenvalue weighted by Crippen LogP contribution is 2.28. The maximum atomic E-state index is 14.2. The maximum Gasteiger partial charge on any atom is 0.246 e. The van der Waals surface area contributed by atoms with E-state index in [0.717, 1.165) is 19.4 Å². The Morgan fingerprint density at radius 2 is 2.05 bits per heavy atom. The zero-order valence-corrected chi connectivity index (χ0v) is 12.9. The standard InChI is InChI=1S/C14H20FN3O2S/c1-10-7-11(16)8-13(14(10)15)21(19,20)18-6-5-17-4-2-3-12(17)9-18/h7-8,12H,2-6,9,16H2,1H3. The second-order valence-electron chi connectivity index (χ2n) is 5.84. The molecule has 1 aromatic carbocycles. The number of fused-ring (bicyclic) bond motifs is 1. The van der Waals surface area contributed by atoms with Crippen LogP contribution in [0.15, 0.2) is 17.0 Å². The third-order valence-electron chi connectivity index (χ3n) is 4.41. The van der Waals surface area contributed by atoms with Crippen molar-refractivity contribution in [2.24, 2.45) is 0 Å². The van der Waals surface area contributed by atoms with E-state index in [9.17, 15) is 12.8 Å². The lowest BCUT2D eigenvalue weighted by Crippen LogP contribution is -2.52. The Hall–Kier alpha value is -1.18. The highest BCUT2D eigenvalue weighted by molar-refractivity contribution is 7.89. The van der Waals surface area contributed by atoms with Crippen LogP contribution >= 0.6 is 0 Å². The van der Waals surface area contributed by atoms with Crippen molar-refractivity contribution in [3.05, 3.63) is 23.5 Å². The van der Waals surface area contributed by atoms with Crippen molar-refractivity contribution < 1.29 is 12.8 Å². The first-order valence-corrected chi connectivity index (χ1v) is 8.63. The molecule has 116 valence electrons. The van der Waals surface area contributed by atoms with Gasteiger partial charge in [0.15, 0.2) is 0 Å². The van der Waals surface area contributed by atoms with E-state index in [1.807, 2.05) is 0 Å². The lowest BCUT2D eigenvalue weighted by Gasteiger charge is -2.36. The Balaban J connectivity index is 1.94. The Bertz CT molecular complexity index is 662. The van der Waals surface area contributed by atoms with Crippen molar-refractivity contribution in [3.8, 4) is 0 Å². The summed E-state index contributed by atoms with van der Waals surface area (Å²) in [5, 5.41) is 0. The quantitative estimate of drug-likeness (QED) is 0.833. The van der Waals surface area contributed by atoms with Gasteiger partial charge in [-0.15, -0.1) is 0 Å². The molecule has 1 aromatic rings. The van der Waals surface area contributed by atoms with Crippen LogP contribution in [0.1, 0.15) is 18.4 Å². The molecular formula is C14H20FN3O2S. The molecule has 7 heteroatoms. The summed E-state index contributed by atoms with van der Waals surface area (Å²) in [6, 6.07) is 2.93. The summed E-state index contributed by atoms with van der Waals surface area (Å²) in [5.74, 6) is -0.696. The fourth-order valence-corrected chi connectivity index (χ4v) is 4.91. The van der Waals surface area contributed by atoms with Crippen LogP contribution in [-0.4, -0.2) is 49.8 Å². The molecule has 0 amide bonds. The molecule has 2 aliphatic heterocycles. The van der Waals surface area contributed by atoms with Crippen molar-refractivity contribution in [1.82, 2.24) is 9.21 Å². The summed E-state index contributed by atoms with van der Waals surface area (Å²) < 4.78 is 41.1. The summed E-state index contributed by atoms with van der Waals surface area (Å²) in [7, 11) is -3.82. The van der Waals surface area contributed by atoms with Crippen LogP contribution in [0.5, 0.6) is 0 Å². The van der Waals surface area contributed by atoms with Gasteiger partial charge < -0.3 is 5.73 Å². The normalized spacial score (nSPS) is 24.2. The van der Waals surface area contributed by atoms with E-state index in [2.05, 4.69) is 4.90 Å². The van der Waals surface area contributed by atoms with Gasteiger partial charge in [-0.2, -0.15) is 4.31 Å². The van der Waals surface area contributed by atoms with E-state index in [1.165, 1.54) is 23.4 Å². The van der Waals surface area contributed by atoms with Crippen LogP contribution in [0.25, 0.3) is 0 Å². The fraction of sp³-hybridized carbons (Fsp3) is 0.571. The molecule has 3 rings (SSSR count). The van der Waals surface area contributed by atoms with Crippen molar-refractivity contribution in [2.75, 3.05) is 31.9 Å². The minimum atomic E-state index is -3.82. The fourth-order valence-electron chi connectivity index (χ4n) is 3.27. The number of aryl methyl sites for hydroxylation is 1. The molecule has 0 aromatic heterocycles. The van der Waals surface area contributed by atoms with Gasteiger partial charge in [0, 0.05) is 31.4 Å². The summed E-state index contributed by atoms with van der Waals surface area (Å²) in [6.45, 7) is 4.12. The largest absolute Gasteiger partial charge is 0.399 e. The second kappa shape index (κ2) is 5.23. The first-order chi connectivity index (χ1) is 9.89. The predicted molar refractivity (Wildman–Crippen MR) is 78.9 cm³/mol. The molecule has 21 heavy (non-hydrogen) atoms. The van der Waals surface area contributed by atoms with Crippen LogP contribution < -0.4 is 5.73 Å². The van der Waals surface area contributed by atoms with Gasteiger partial charge in [-0.25, -0.2) is 12.8 Å². The maximum absolute atomic E-state index is 14.2. The van der Waals surface area contributed by atoms with Crippen LogP contribution in [0.4, 0.5) is 10.1 Å². The zero-order valence-electron chi connectivity index (χ0n) is 12.0. The Morgan fingerprint density at radius 3 is 2.81 bits per heavy atom. The van der Waals surface area contributed by atoms with Gasteiger partial charge in [0.05, 0.1) is 0 Å². The highest BCUT2D eigenvalue weighted by atomic mass is 32.2. The van der Waals surface area contributed by atoms with E-state index in [0.29, 0.717) is 19.6 Å². The van der Waals surface area contributed by atoms with Crippen LogP contribution in [0.3, 0.4) is 0 Å². The molecule has 5 nitrogen and oxygen atoms in total. The van der Waals surface area contributed by atoms with E-state index in [4.69, 9.17) is 5.73 Å². The van der Waals surface area contributed by atoms with E-state index < -0.39 is 15.8 Å². The molecule has 1 atom stereocenters. The third kappa shape index (κ3) is 2.54. The van der Waals surface area contributed by atoms with Gasteiger partial charge in [0.1, 0.15) is 10.7 Å². The molecule has 2 saturated heterocycles. The average molecular weight is 313 g/mol. The smallest absolute Gasteiger partial charge is 0.246 e. The van der Waals surface area contributed by atoms with E-state index >= 15 is 0 Å². The van der Waals surface area contributed by atoms with Crippen LogP contribution in [-0.2, 0) is 10.0 Å². The number of hydrogen-bond donors (Lipinski definition) is 1. The summed E-state index contributed by atoms with van der Waals surface area (Å²) in [5.41, 5.74) is 6.21. The van der Waals surface area contributed by atoms with Crippen molar-refractivity contribution in [3.63, 3.8) is 0 Å². The Morgan fingerprint density at radius 1 is 1.29 bits per heavy atom. The Kier molecular flexibility index (Phi) is 3.67. The second-order valence-corrected chi connectivity index (χ2v) is 7.75. The summed E-state index contributed by atoms with van der Waals surface area (Å²) >= 11 is 0. The summed E-state index contributed by atoms with van der Waals surface area (Å²) in [6.07, 6.45) is 2.11. The topological polar surface area (TPSA) is 66.6 Å². The van der Waals surface area contributed by atoms with E-state index in [-0.39, 0.29) is 22.2 Å². The van der Waals surface area contributed by atoms with Crippen molar-refractivity contribution in [2.45, 2.75) is 30.7 Å². The third-order valence-corrected chi connectivity index (χ3v) is 6.28.